The highest BCUT2D eigenvalue weighted by Gasteiger charge is 2.57. The Balaban J connectivity index is 1.61. The second-order valence-corrected chi connectivity index (χ2v) is 10.7. The lowest BCUT2D eigenvalue weighted by atomic mass is 10.1. The van der Waals surface area contributed by atoms with E-state index in [0.29, 0.717) is 5.56 Å². The first kappa shape index (κ1) is 21.2. The molecule has 1 unspecified atom stereocenters. The second-order valence-electron chi connectivity index (χ2n) is 8.07. The van der Waals surface area contributed by atoms with Gasteiger partial charge in [-0.15, -0.1) is 0 Å². The van der Waals surface area contributed by atoms with Gasteiger partial charge in [0.15, 0.2) is 0 Å². The minimum absolute atomic E-state index is 0.0237. The zero-order valence-corrected chi connectivity index (χ0v) is 18.9. The van der Waals surface area contributed by atoms with Crippen LogP contribution < -0.4 is 10.6 Å². The fraction of sp³-hybridized carbons (Fsp3) is 0.0690. The van der Waals surface area contributed by atoms with Crippen LogP contribution in [-0.4, -0.2) is 10.7 Å². The third-order valence-corrected chi connectivity index (χ3v) is 9.19. The van der Waals surface area contributed by atoms with Crippen molar-refractivity contribution < 1.29 is 4.57 Å². The van der Waals surface area contributed by atoms with Gasteiger partial charge in [-0.2, -0.15) is 5.26 Å². The quantitative estimate of drug-likeness (QED) is 0.273. The van der Waals surface area contributed by atoms with Crippen LogP contribution in [0.25, 0.3) is 6.08 Å². The predicted octanol–water partition coefficient (Wildman–Crippen LogP) is 5.93. The zero-order chi connectivity index (χ0) is 22.7. The largest absolute Gasteiger partial charge is 0.296 e. The van der Waals surface area contributed by atoms with Crippen molar-refractivity contribution in [2.24, 2.45) is 0 Å². The normalized spacial score (nSPS) is 19.8. The van der Waals surface area contributed by atoms with Gasteiger partial charge in [-0.25, -0.2) is 4.67 Å². The molecule has 3 nitrogen and oxygen atoms in total. The van der Waals surface area contributed by atoms with Crippen LogP contribution in [0.1, 0.15) is 22.7 Å². The Hall–Kier alpha value is -3.70. The first-order valence-electron chi connectivity index (χ1n) is 11.0. The summed E-state index contributed by atoms with van der Waals surface area (Å²) < 4.78 is 17.1. The van der Waals surface area contributed by atoms with E-state index in [4.69, 9.17) is 0 Å². The highest BCUT2D eigenvalue weighted by molar-refractivity contribution is 7.76. The third kappa shape index (κ3) is 4.08. The number of hydrogen-bond donors (Lipinski definition) is 0. The van der Waals surface area contributed by atoms with Crippen LogP contribution in [0.3, 0.4) is 0 Å². The first-order chi connectivity index (χ1) is 16.2. The van der Waals surface area contributed by atoms with E-state index < -0.39 is 7.29 Å². The maximum atomic E-state index is 14.9. The van der Waals surface area contributed by atoms with Crippen LogP contribution in [-0.2, 0) is 4.57 Å². The molecule has 0 aliphatic carbocycles. The fourth-order valence-electron chi connectivity index (χ4n) is 4.35. The lowest BCUT2D eigenvalue weighted by molar-refractivity contribution is 0.557. The van der Waals surface area contributed by atoms with E-state index in [9.17, 15) is 9.83 Å². The Kier molecular flexibility index (Phi) is 5.80. The summed E-state index contributed by atoms with van der Waals surface area (Å²) in [5.74, 6) is 0. The Morgan fingerprint density at radius 2 is 1.24 bits per heavy atom. The van der Waals surface area contributed by atoms with Gasteiger partial charge in [-0.3, -0.25) is 4.57 Å². The van der Waals surface area contributed by atoms with E-state index in [1.165, 1.54) is 0 Å². The van der Waals surface area contributed by atoms with E-state index >= 15 is 0 Å². The molecule has 0 amide bonds. The molecule has 0 spiro atoms. The molecule has 4 aromatic rings. The zero-order valence-electron chi connectivity index (χ0n) is 18.0. The summed E-state index contributed by atoms with van der Waals surface area (Å²) in [4.78, 5) is 0. The smallest absolute Gasteiger partial charge is 0.208 e. The molecule has 3 atom stereocenters. The number of nitriles is 1. The maximum Gasteiger partial charge on any atom is 0.208 e. The number of nitrogens with zero attached hydrogens (tertiary/aromatic N) is 2. The van der Waals surface area contributed by atoms with Crippen molar-refractivity contribution in [1.82, 2.24) is 4.67 Å². The molecule has 1 aliphatic heterocycles. The fourth-order valence-corrected chi connectivity index (χ4v) is 7.47. The van der Waals surface area contributed by atoms with Crippen LogP contribution in [0.4, 0.5) is 0 Å². The molecule has 4 aromatic carbocycles. The lowest BCUT2D eigenvalue weighted by Crippen LogP contribution is -2.22. The Morgan fingerprint density at radius 1 is 0.727 bits per heavy atom. The van der Waals surface area contributed by atoms with Gasteiger partial charge in [0.25, 0.3) is 0 Å². The average molecular weight is 446 g/mol. The maximum absolute atomic E-state index is 14.9. The van der Waals surface area contributed by atoms with Crippen LogP contribution in [0, 0.1) is 11.3 Å². The van der Waals surface area contributed by atoms with Gasteiger partial charge in [0.05, 0.1) is 23.7 Å². The molecule has 1 aliphatic rings. The number of rotatable bonds is 6. The number of hydrogen-bond acceptors (Lipinski definition) is 2. The van der Waals surface area contributed by atoms with Crippen molar-refractivity contribution in [3.8, 4) is 6.07 Å². The van der Waals surface area contributed by atoms with Crippen LogP contribution in [0.5, 0.6) is 0 Å². The van der Waals surface area contributed by atoms with Gasteiger partial charge in [0.2, 0.25) is 7.29 Å². The molecule has 0 bridgehead atoms. The molecular formula is C29H23N2OP. The molecule has 5 rings (SSSR count). The SMILES string of the molecule is N#Cc1ccc([C@@H]2[C@@H](/C=C/c3ccccc3)N2P(=O)(c2ccccc2)c2ccccc2)cc1. The standard InChI is InChI=1S/C29H23N2OP/c30-22-24-16-19-25(20-17-24)29-28(21-18-23-10-4-1-5-11-23)31(29)33(32,26-12-6-2-7-13-26)27-14-8-3-9-15-27/h1-21,28-29H/b21-18+/t28-,29-,31?/m1/s1. The van der Waals surface area contributed by atoms with Gasteiger partial charge < -0.3 is 0 Å². The Bertz CT molecular complexity index is 1300. The summed E-state index contributed by atoms with van der Waals surface area (Å²) >= 11 is 0. The van der Waals surface area contributed by atoms with Crippen molar-refractivity contribution in [1.29, 1.82) is 5.26 Å². The highest BCUT2D eigenvalue weighted by Crippen LogP contribution is 2.64. The Labute approximate surface area is 194 Å². The molecule has 0 N–H and O–H groups in total. The molecular weight excluding hydrogens is 423 g/mol. The summed E-state index contributed by atoms with van der Waals surface area (Å²) in [6, 6.07) is 39.4. The van der Waals surface area contributed by atoms with E-state index in [1.807, 2.05) is 103 Å². The van der Waals surface area contributed by atoms with Gasteiger partial charge in [-0.1, -0.05) is 91.0 Å². The lowest BCUT2D eigenvalue weighted by Gasteiger charge is -2.22. The van der Waals surface area contributed by atoms with Crippen LogP contribution in [0.15, 0.2) is 121 Å². The summed E-state index contributed by atoms with van der Waals surface area (Å²) in [5.41, 5.74) is 2.79. The van der Waals surface area contributed by atoms with Gasteiger partial charge in [0, 0.05) is 10.6 Å². The summed E-state index contributed by atoms with van der Waals surface area (Å²) in [5, 5.41) is 10.9. The third-order valence-electron chi connectivity index (χ3n) is 6.03. The summed E-state index contributed by atoms with van der Waals surface area (Å²) in [6.45, 7) is 0. The minimum Gasteiger partial charge on any atom is -0.296 e. The van der Waals surface area contributed by atoms with Crippen molar-refractivity contribution in [2.75, 3.05) is 0 Å². The minimum atomic E-state index is -3.09. The summed E-state index contributed by atoms with van der Waals surface area (Å²) in [6.07, 6.45) is 4.25. The van der Waals surface area contributed by atoms with Crippen molar-refractivity contribution in [2.45, 2.75) is 12.1 Å². The molecule has 0 aromatic heterocycles. The van der Waals surface area contributed by atoms with E-state index in [2.05, 4.69) is 35.0 Å². The predicted molar refractivity (Wildman–Crippen MR) is 135 cm³/mol. The van der Waals surface area contributed by atoms with E-state index in [0.717, 1.165) is 21.7 Å². The molecule has 160 valence electrons. The molecule has 0 radical (unpaired) electrons. The van der Waals surface area contributed by atoms with E-state index in [1.54, 1.807) is 0 Å². The molecule has 0 saturated carbocycles. The average Bonchev–Trinajstić information content (AvgIpc) is 3.63. The molecule has 1 heterocycles. The molecule has 1 saturated heterocycles. The van der Waals surface area contributed by atoms with Gasteiger partial charge >= 0.3 is 0 Å². The second kappa shape index (κ2) is 9.04. The molecule has 1 fully saturated rings. The van der Waals surface area contributed by atoms with Crippen LogP contribution >= 0.6 is 7.29 Å². The topological polar surface area (TPSA) is 43.9 Å². The van der Waals surface area contributed by atoms with Gasteiger partial charge in [-0.05, 0) is 47.5 Å². The van der Waals surface area contributed by atoms with E-state index in [-0.39, 0.29) is 12.1 Å². The molecule has 33 heavy (non-hydrogen) atoms. The molecule has 4 heteroatoms. The van der Waals surface area contributed by atoms with Crippen molar-refractivity contribution in [3.05, 3.63) is 138 Å². The Morgan fingerprint density at radius 3 is 1.76 bits per heavy atom. The van der Waals surface area contributed by atoms with Crippen molar-refractivity contribution in [3.63, 3.8) is 0 Å². The van der Waals surface area contributed by atoms with Gasteiger partial charge in [0.1, 0.15) is 0 Å². The van der Waals surface area contributed by atoms with Crippen LogP contribution in [0.2, 0.25) is 0 Å². The first-order valence-corrected chi connectivity index (χ1v) is 12.6. The summed E-state index contributed by atoms with van der Waals surface area (Å²) in [7, 11) is -3.09. The highest BCUT2D eigenvalue weighted by atomic mass is 31.2. The monoisotopic (exact) mass is 446 g/mol. The number of benzene rings is 4. The van der Waals surface area contributed by atoms with Crippen molar-refractivity contribution >= 4 is 24.0 Å².